The first kappa shape index (κ1) is 29.3. The minimum Gasteiger partial charge on any atom is -0.342 e. The molecule has 2 aromatic heterocycles. The highest BCUT2D eigenvalue weighted by Gasteiger charge is 2.44. The molecule has 1 aliphatic rings. The second-order valence-corrected chi connectivity index (χ2v) is 12.9. The first-order valence-corrected chi connectivity index (χ1v) is 14.4. The van der Waals surface area contributed by atoms with Crippen molar-refractivity contribution in [2.75, 3.05) is 30.8 Å². The highest BCUT2D eigenvalue weighted by atomic mass is 32.1. The van der Waals surface area contributed by atoms with Gasteiger partial charge < -0.3 is 20.4 Å². The molecule has 4 amide bonds. The normalized spacial score (nSPS) is 15.2. The molecule has 9 heteroatoms. The van der Waals surface area contributed by atoms with E-state index in [2.05, 4.69) is 43.3 Å². The van der Waals surface area contributed by atoms with Crippen LogP contribution in [0.2, 0.25) is 0 Å². The van der Waals surface area contributed by atoms with Gasteiger partial charge in [-0.1, -0.05) is 39.8 Å². The lowest BCUT2D eigenvalue weighted by atomic mass is 9.94. The fourth-order valence-corrected chi connectivity index (χ4v) is 5.91. The van der Waals surface area contributed by atoms with E-state index in [-0.39, 0.29) is 17.2 Å². The number of piperazine rings is 1. The van der Waals surface area contributed by atoms with E-state index in [9.17, 15) is 14.4 Å². The number of pyridine rings is 1. The Morgan fingerprint density at radius 1 is 1.07 bits per heavy atom. The molecule has 0 aliphatic carbocycles. The summed E-state index contributed by atoms with van der Waals surface area (Å²) in [5.74, 6) is -0.371. The van der Waals surface area contributed by atoms with Gasteiger partial charge in [-0.3, -0.25) is 14.6 Å². The average molecular weight is 562 g/mol. The largest absolute Gasteiger partial charge is 0.342 e. The Morgan fingerprint density at radius 2 is 1.80 bits per heavy atom. The standard InChI is InChI=1S/C31H39N5O3S/c1-9-21-13-11-20(18-32-21)23-16-22(12-10-19(23)2)33-29(39)34-24-17-25(30(3,4)5)40-26(24)27(37)36-15-14-35(8)28(38)31(36,6)7/h10-13,16-18H,9,14-15H2,1-8H3,(H2,33,34,39). The van der Waals surface area contributed by atoms with Crippen LogP contribution < -0.4 is 10.6 Å². The topological polar surface area (TPSA) is 94.6 Å². The van der Waals surface area contributed by atoms with Gasteiger partial charge in [-0.15, -0.1) is 11.3 Å². The van der Waals surface area contributed by atoms with Gasteiger partial charge in [-0.25, -0.2) is 4.79 Å². The number of nitrogens with zero attached hydrogens (tertiary/aromatic N) is 3. The van der Waals surface area contributed by atoms with Crippen molar-refractivity contribution >= 4 is 40.6 Å². The molecule has 0 spiro atoms. The molecule has 0 bridgehead atoms. The molecule has 0 atom stereocenters. The Hall–Kier alpha value is -3.72. The van der Waals surface area contributed by atoms with Crippen LogP contribution in [0, 0.1) is 6.92 Å². The lowest BCUT2D eigenvalue weighted by molar-refractivity contribution is -0.144. The van der Waals surface area contributed by atoms with Gasteiger partial charge in [0.2, 0.25) is 5.91 Å². The number of carbonyl (C=O) groups is 3. The number of urea groups is 1. The van der Waals surface area contributed by atoms with Gasteiger partial charge in [0.15, 0.2) is 0 Å². The number of hydrogen-bond donors (Lipinski definition) is 2. The zero-order chi connectivity index (χ0) is 29.4. The number of aromatic nitrogens is 1. The number of rotatable bonds is 5. The van der Waals surface area contributed by atoms with E-state index in [1.54, 1.807) is 30.7 Å². The van der Waals surface area contributed by atoms with Crippen LogP contribution in [0.15, 0.2) is 42.6 Å². The summed E-state index contributed by atoms with van der Waals surface area (Å²) in [6.45, 7) is 14.7. The molecule has 3 aromatic rings. The van der Waals surface area contributed by atoms with Crippen LogP contribution in [0.3, 0.4) is 0 Å². The Morgan fingerprint density at radius 3 is 2.42 bits per heavy atom. The molecule has 0 saturated carbocycles. The van der Waals surface area contributed by atoms with Gasteiger partial charge in [0.05, 0.1) is 5.69 Å². The molecule has 212 valence electrons. The van der Waals surface area contributed by atoms with Crippen molar-refractivity contribution in [3.8, 4) is 11.1 Å². The van der Waals surface area contributed by atoms with Crippen LogP contribution >= 0.6 is 11.3 Å². The number of benzene rings is 1. The zero-order valence-electron chi connectivity index (χ0n) is 24.6. The zero-order valence-corrected chi connectivity index (χ0v) is 25.5. The molecule has 1 saturated heterocycles. The molecule has 0 radical (unpaired) electrons. The number of hydrogen-bond acceptors (Lipinski definition) is 5. The second kappa shape index (κ2) is 11.0. The van der Waals surface area contributed by atoms with Crippen LogP contribution in [0.5, 0.6) is 0 Å². The van der Waals surface area contributed by atoms with E-state index in [0.717, 1.165) is 33.7 Å². The minimum atomic E-state index is -0.988. The van der Waals surface area contributed by atoms with Crippen molar-refractivity contribution in [2.45, 2.75) is 65.8 Å². The van der Waals surface area contributed by atoms with Crippen molar-refractivity contribution in [3.63, 3.8) is 0 Å². The first-order valence-electron chi connectivity index (χ1n) is 13.6. The molecule has 40 heavy (non-hydrogen) atoms. The third-order valence-electron chi connectivity index (χ3n) is 7.36. The maximum absolute atomic E-state index is 13.8. The van der Waals surface area contributed by atoms with Crippen LogP contribution in [-0.2, 0) is 16.6 Å². The van der Waals surface area contributed by atoms with E-state index in [0.29, 0.717) is 29.3 Å². The minimum absolute atomic E-state index is 0.110. The quantitative estimate of drug-likeness (QED) is 0.381. The van der Waals surface area contributed by atoms with Gasteiger partial charge in [0, 0.05) is 48.2 Å². The van der Waals surface area contributed by atoms with Crippen molar-refractivity contribution < 1.29 is 14.4 Å². The van der Waals surface area contributed by atoms with Gasteiger partial charge in [-0.2, -0.15) is 0 Å². The third kappa shape index (κ3) is 5.89. The fraction of sp³-hybridized carbons (Fsp3) is 0.419. The molecule has 1 aromatic carbocycles. The number of thiophene rings is 1. The molecule has 4 rings (SSSR count). The summed E-state index contributed by atoms with van der Waals surface area (Å²) in [7, 11) is 1.75. The lowest BCUT2D eigenvalue weighted by Crippen LogP contribution is -2.63. The van der Waals surface area contributed by atoms with Crippen molar-refractivity contribution in [3.05, 3.63) is 63.6 Å². The van der Waals surface area contributed by atoms with E-state index in [1.165, 1.54) is 11.3 Å². The van der Waals surface area contributed by atoms with Gasteiger partial charge in [-0.05, 0) is 68.0 Å². The van der Waals surface area contributed by atoms with E-state index >= 15 is 0 Å². The summed E-state index contributed by atoms with van der Waals surface area (Å²) in [5.41, 5.74) is 3.90. The molecular weight excluding hydrogens is 522 g/mol. The van der Waals surface area contributed by atoms with E-state index in [1.807, 2.05) is 49.5 Å². The summed E-state index contributed by atoms with van der Waals surface area (Å²) in [4.78, 5) is 49.1. The predicted octanol–water partition coefficient (Wildman–Crippen LogP) is 6.32. The summed E-state index contributed by atoms with van der Waals surface area (Å²) < 4.78 is 0. The van der Waals surface area contributed by atoms with Crippen LogP contribution in [0.1, 0.15) is 67.3 Å². The molecule has 1 aliphatic heterocycles. The van der Waals surface area contributed by atoms with E-state index < -0.39 is 11.6 Å². The Kier molecular flexibility index (Phi) is 8.08. The summed E-state index contributed by atoms with van der Waals surface area (Å²) >= 11 is 1.36. The second-order valence-electron chi connectivity index (χ2n) is 11.8. The maximum Gasteiger partial charge on any atom is 0.323 e. The average Bonchev–Trinajstić information content (AvgIpc) is 3.32. The van der Waals surface area contributed by atoms with Gasteiger partial charge >= 0.3 is 6.03 Å². The highest BCUT2D eigenvalue weighted by Crippen LogP contribution is 2.38. The molecule has 0 unspecified atom stereocenters. The lowest BCUT2D eigenvalue weighted by Gasteiger charge is -2.44. The van der Waals surface area contributed by atoms with Crippen molar-refractivity contribution in [1.29, 1.82) is 0 Å². The fourth-order valence-electron chi connectivity index (χ4n) is 4.79. The number of carbonyl (C=O) groups excluding carboxylic acids is 3. The first-order chi connectivity index (χ1) is 18.7. The van der Waals surface area contributed by atoms with Crippen LogP contribution in [0.4, 0.5) is 16.2 Å². The van der Waals surface area contributed by atoms with Crippen LogP contribution in [0.25, 0.3) is 11.1 Å². The van der Waals surface area contributed by atoms with Crippen molar-refractivity contribution in [2.24, 2.45) is 0 Å². The maximum atomic E-state index is 13.8. The van der Waals surface area contributed by atoms with Crippen LogP contribution in [-0.4, -0.2) is 58.3 Å². The van der Waals surface area contributed by atoms with E-state index in [4.69, 9.17) is 0 Å². The van der Waals surface area contributed by atoms with Gasteiger partial charge in [0.1, 0.15) is 10.4 Å². The molecule has 3 heterocycles. The number of nitrogens with one attached hydrogen (secondary N) is 2. The predicted molar refractivity (Wildman–Crippen MR) is 162 cm³/mol. The Bertz CT molecular complexity index is 1440. The SMILES string of the molecule is CCc1ccc(-c2cc(NC(=O)Nc3cc(C(C)(C)C)sc3C(=O)N3CCN(C)C(=O)C3(C)C)ccc2C)cn1. The highest BCUT2D eigenvalue weighted by molar-refractivity contribution is 7.14. The van der Waals surface area contributed by atoms with Crippen molar-refractivity contribution in [1.82, 2.24) is 14.8 Å². The summed E-state index contributed by atoms with van der Waals surface area (Å²) in [6.07, 6.45) is 2.72. The Labute approximate surface area is 240 Å². The summed E-state index contributed by atoms with van der Waals surface area (Å²) in [5, 5.41) is 5.83. The third-order valence-corrected chi connectivity index (χ3v) is 8.90. The summed E-state index contributed by atoms with van der Waals surface area (Å²) in [6, 6.07) is 11.2. The number of aryl methyl sites for hydroxylation is 2. The molecule has 8 nitrogen and oxygen atoms in total. The molecule has 1 fully saturated rings. The number of likely N-dealkylation sites (N-methyl/N-ethyl adjacent to an activating group) is 1. The number of anilines is 2. The Balaban J connectivity index is 1.60. The monoisotopic (exact) mass is 561 g/mol. The molecular formula is C31H39N5O3S. The smallest absolute Gasteiger partial charge is 0.323 e. The molecule has 2 N–H and O–H groups in total. The van der Waals surface area contributed by atoms with Gasteiger partial charge in [0.25, 0.3) is 5.91 Å². The number of amides is 4.